The van der Waals surface area contributed by atoms with E-state index in [0.29, 0.717) is 17.2 Å². The zero-order chi connectivity index (χ0) is 21.4. The van der Waals surface area contributed by atoms with Crippen LogP contribution in [0.25, 0.3) is 0 Å². The van der Waals surface area contributed by atoms with Crippen molar-refractivity contribution in [1.82, 2.24) is 0 Å². The molecule has 6 heteroatoms. The van der Waals surface area contributed by atoms with E-state index in [9.17, 15) is 9.90 Å². The highest BCUT2D eigenvalue weighted by atomic mass is 16.7. The summed E-state index contributed by atoms with van der Waals surface area (Å²) in [5, 5.41) is 18.8. The van der Waals surface area contributed by atoms with Crippen LogP contribution < -0.4 is 14.2 Å². The molecular weight excluding hydrogens is 372 g/mol. The van der Waals surface area contributed by atoms with Crippen LogP contribution >= 0.6 is 0 Å². The van der Waals surface area contributed by atoms with Crippen molar-refractivity contribution in [2.45, 2.75) is 51.4 Å². The topological polar surface area (TPSA) is 85.2 Å². The predicted molar refractivity (Wildman–Crippen MR) is 109 cm³/mol. The summed E-state index contributed by atoms with van der Waals surface area (Å²) < 4.78 is 16.9. The van der Waals surface area contributed by atoms with Crippen molar-refractivity contribution in [2.75, 3.05) is 13.9 Å². The van der Waals surface area contributed by atoms with E-state index >= 15 is 0 Å². The summed E-state index contributed by atoms with van der Waals surface area (Å²) in [6.45, 7) is 8.86. The van der Waals surface area contributed by atoms with E-state index in [0.717, 1.165) is 12.8 Å². The van der Waals surface area contributed by atoms with Gasteiger partial charge in [-0.3, -0.25) is 0 Å². The van der Waals surface area contributed by atoms with Gasteiger partial charge in [-0.15, -0.1) is 0 Å². The maximum absolute atomic E-state index is 11.0. The minimum absolute atomic E-state index is 0.0363. The van der Waals surface area contributed by atoms with Gasteiger partial charge in [0, 0.05) is 6.07 Å². The number of methoxy groups -OCH3 is 1. The Bertz CT molecular complexity index is 929. The number of aromatic hydroxyl groups is 1. The van der Waals surface area contributed by atoms with Crippen molar-refractivity contribution in [3.8, 4) is 23.0 Å². The standard InChI is InChI=1S/C23H28O6/c1-22(2)8-9-23(3,4)17-12-20(19(27-5)11-16(17)22)29-13-28-14-6-7-15(21(25)26)18(24)10-14/h6-7,10-12,24H,8-9,13H2,1-5H3,(H,25,26). The summed E-state index contributed by atoms with van der Waals surface area (Å²) in [5.74, 6) is -0.0172. The Morgan fingerprint density at radius 2 is 1.55 bits per heavy atom. The molecule has 2 N–H and O–H groups in total. The number of carboxylic acids is 1. The van der Waals surface area contributed by atoms with Crippen LogP contribution in [0.2, 0.25) is 0 Å². The molecule has 6 nitrogen and oxygen atoms in total. The van der Waals surface area contributed by atoms with E-state index < -0.39 is 5.97 Å². The number of benzene rings is 2. The fraction of sp³-hybridized carbons (Fsp3) is 0.435. The molecule has 0 spiro atoms. The van der Waals surface area contributed by atoms with Crippen LogP contribution in [0.5, 0.6) is 23.0 Å². The van der Waals surface area contributed by atoms with Gasteiger partial charge in [0.05, 0.1) is 7.11 Å². The van der Waals surface area contributed by atoms with Gasteiger partial charge in [0.1, 0.15) is 17.1 Å². The monoisotopic (exact) mass is 400 g/mol. The first-order valence-corrected chi connectivity index (χ1v) is 9.60. The number of hydrogen-bond donors (Lipinski definition) is 2. The molecule has 0 amide bonds. The number of carbonyl (C=O) groups is 1. The van der Waals surface area contributed by atoms with Gasteiger partial charge >= 0.3 is 5.97 Å². The zero-order valence-corrected chi connectivity index (χ0v) is 17.5. The molecule has 3 rings (SSSR count). The molecule has 29 heavy (non-hydrogen) atoms. The molecule has 0 fully saturated rings. The Hall–Kier alpha value is -2.89. The van der Waals surface area contributed by atoms with Crippen LogP contribution in [0, 0.1) is 0 Å². The van der Waals surface area contributed by atoms with Crippen molar-refractivity contribution in [2.24, 2.45) is 0 Å². The molecule has 1 aliphatic rings. The average Bonchev–Trinajstić information content (AvgIpc) is 2.65. The Kier molecular flexibility index (Phi) is 5.39. The van der Waals surface area contributed by atoms with Crippen LogP contribution in [-0.2, 0) is 10.8 Å². The molecule has 0 atom stereocenters. The van der Waals surface area contributed by atoms with E-state index in [1.54, 1.807) is 7.11 Å². The molecule has 2 aromatic rings. The molecule has 0 saturated heterocycles. The van der Waals surface area contributed by atoms with Crippen molar-refractivity contribution in [1.29, 1.82) is 0 Å². The number of rotatable bonds is 6. The largest absolute Gasteiger partial charge is 0.507 e. The second kappa shape index (κ2) is 7.50. The molecule has 0 bridgehead atoms. The number of aromatic carboxylic acids is 1. The van der Waals surface area contributed by atoms with Gasteiger partial charge in [-0.25, -0.2) is 4.79 Å². The normalized spacial score (nSPS) is 16.6. The fourth-order valence-electron chi connectivity index (χ4n) is 3.79. The molecule has 0 heterocycles. The minimum Gasteiger partial charge on any atom is -0.507 e. The number of ether oxygens (including phenoxy) is 3. The molecule has 0 aliphatic heterocycles. The van der Waals surface area contributed by atoms with Crippen LogP contribution in [0.1, 0.15) is 62.0 Å². The predicted octanol–water partition coefficient (Wildman–Crippen LogP) is 4.86. The van der Waals surface area contributed by atoms with E-state index in [1.165, 1.54) is 29.3 Å². The molecule has 0 aromatic heterocycles. The SMILES string of the molecule is COc1cc2c(cc1OCOc1ccc(C(=O)O)c(O)c1)C(C)(C)CCC2(C)C. The number of hydrogen-bond acceptors (Lipinski definition) is 5. The summed E-state index contributed by atoms with van der Waals surface area (Å²) in [7, 11) is 1.61. The Labute approximate surface area is 171 Å². The van der Waals surface area contributed by atoms with Gasteiger partial charge in [0.15, 0.2) is 11.5 Å². The van der Waals surface area contributed by atoms with Crippen molar-refractivity contribution in [3.63, 3.8) is 0 Å². The van der Waals surface area contributed by atoms with E-state index in [-0.39, 0.29) is 28.9 Å². The Morgan fingerprint density at radius 1 is 0.966 bits per heavy atom. The molecule has 0 saturated carbocycles. The lowest BCUT2D eigenvalue weighted by atomic mass is 9.63. The van der Waals surface area contributed by atoms with Gasteiger partial charge in [0.25, 0.3) is 0 Å². The molecule has 0 radical (unpaired) electrons. The molecule has 156 valence electrons. The molecular formula is C23H28O6. The lowest BCUT2D eigenvalue weighted by Crippen LogP contribution is -2.33. The summed E-state index contributed by atoms with van der Waals surface area (Å²) >= 11 is 0. The maximum Gasteiger partial charge on any atom is 0.339 e. The van der Waals surface area contributed by atoms with Crippen LogP contribution in [0.4, 0.5) is 0 Å². The summed E-state index contributed by atoms with van der Waals surface area (Å²) in [6.07, 6.45) is 2.19. The van der Waals surface area contributed by atoms with Crippen molar-refractivity contribution in [3.05, 3.63) is 47.0 Å². The highest BCUT2D eigenvalue weighted by molar-refractivity contribution is 5.90. The van der Waals surface area contributed by atoms with Crippen molar-refractivity contribution >= 4 is 5.97 Å². The summed E-state index contributed by atoms with van der Waals surface area (Å²) in [4.78, 5) is 11.0. The highest BCUT2D eigenvalue weighted by Gasteiger charge is 2.38. The first-order chi connectivity index (χ1) is 13.5. The average molecular weight is 400 g/mol. The fourth-order valence-corrected chi connectivity index (χ4v) is 3.79. The first kappa shape index (κ1) is 20.8. The van der Waals surface area contributed by atoms with Crippen LogP contribution in [0.3, 0.4) is 0 Å². The lowest BCUT2D eigenvalue weighted by Gasteiger charge is -2.42. The summed E-state index contributed by atoms with van der Waals surface area (Å²) in [6, 6.07) is 8.10. The van der Waals surface area contributed by atoms with E-state index in [1.807, 2.05) is 6.07 Å². The minimum atomic E-state index is -1.20. The van der Waals surface area contributed by atoms with Gasteiger partial charge in [-0.2, -0.15) is 0 Å². The third-order valence-electron chi connectivity index (χ3n) is 5.78. The number of fused-ring (bicyclic) bond motifs is 1. The molecule has 0 unspecified atom stereocenters. The molecule has 1 aliphatic carbocycles. The van der Waals surface area contributed by atoms with Gasteiger partial charge in [-0.05, 0) is 59.1 Å². The lowest BCUT2D eigenvalue weighted by molar-refractivity contribution is 0.0693. The second-order valence-corrected chi connectivity index (χ2v) is 8.71. The second-order valence-electron chi connectivity index (χ2n) is 8.71. The first-order valence-electron chi connectivity index (χ1n) is 9.60. The maximum atomic E-state index is 11.0. The summed E-state index contributed by atoms with van der Waals surface area (Å²) in [5.41, 5.74) is 2.44. The van der Waals surface area contributed by atoms with Crippen molar-refractivity contribution < 1.29 is 29.2 Å². The Balaban J connectivity index is 1.81. The Morgan fingerprint density at radius 3 is 2.07 bits per heavy atom. The number of phenols is 1. The zero-order valence-electron chi connectivity index (χ0n) is 17.5. The van der Waals surface area contributed by atoms with E-state index in [2.05, 4.69) is 33.8 Å². The molecule has 2 aromatic carbocycles. The van der Waals surface area contributed by atoms with Crippen LogP contribution in [-0.4, -0.2) is 30.1 Å². The smallest absolute Gasteiger partial charge is 0.339 e. The third kappa shape index (κ3) is 4.11. The van der Waals surface area contributed by atoms with E-state index in [4.69, 9.17) is 19.3 Å². The third-order valence-corrected chi connectivity index (χ3v) is 5.78. The number of carboxylic acid groups (broad SMARTS) is 1. The van der Waals surface area contributed by atoms with Gasteiger partial charge in [-0.1, -0.05) is 27.7 Å². The van der Waals surface area contributed by atoms with Crippen LogP contribution in [0.15, 0.2) is 30.3 Å². The van der Waals surface area contributed by atoms with Gasteiger partial charge in [0.2, 0.25) is 6.79 Å². The quantitative estimate of drug-likeness (QED) is 0.674. The highest BCUT2D eigenvalue weighted by Crippen LogP contribution is 2.49. The van der Waals surface area contributed by atoms with Gasteiger partial charge < -0.3 is 24.4 Å².